The van der Waals surface area contributed by atoms with Gasteiger partial charge in [-0.2, -0.15) is 11.8 Å². The molecule has 0 aliphatic heterocycles. The summed E-state index contributed by atoms with van der Waals surface area (Å²) < 4.78 is 0. The molecule has 0 fully saturated rings. The summed E-state index contributed by atoms with van der Waals surface area (Å²) in [5.74, 6) is 1.67. The molecule has 0 bridgehead atoms. The average Bonchev–Trinajstić information content (AvgIpc) is 2.25. The lowest BCUT2D eigenvalue weighted by Gasteiger charge is -2.03. The van der Waals surface area contributed by atoms with Gasteiger partial charge in [-0.1, -0.05) is 29.8 Å². The first-order chi connectivity index (χ1) is 7.70. The van der Waals surface area contributed by atoms with Crippen LogP contribution >= 0.6 is 35.8 Å². The molecule has 1 aromatic carbocycles. The molecule has 0 spiro atoms. The van der Waals surface area contributed by atoms with Crippen LogP contribution in [0, 0.1) is 10.1 Å². The minimum atomic E-state index is -0.376. The van der Waals surface area contributed by atoms with Crippen molar-refractivity contribution in [1.29, 1.82) is 0 Å². The lowest BCUT2D eigenvalue weighted by molar-refractivity contribution is -0.485. The van der Waals surface area contributed by atoms with Gasteiger partial charge in [-0.3, -0.25) is 15.4 Å². The van der Waals surface area contributed by atoms with Gasteiger partial charge in [0.15, 0.2) is 0 Å². The summed E-state index contributed by atoms with van der Waals surface area (Å²) >= 11 is 7.69. The molecule has 1 rings (SSSR count). The first-order valence-electron chi connectivity index (χ1n) is 4.84. The lowest BCUT2D eigenvalue weighted by atomic mass is 10.2. The second kappa shape index (κ2) is 9.53. The summed E-state index contributed by atoms with van der Waals surface area (Å²) in [5, 5.41) is 13.5. The van der Waals surface area contributed by atoms with Crippen molar-refractivity contribution in [2.24, 2.45) is 0 Å². The molecule has 1 aromatic rings. The Balaban J connectivity index is 0.00000256. The predicted molar refractivity (Wildman–Crippen MR) is 74.7 cm³/mol. The highest BCUT2D eigenvalue weighted by Gasteiger charge is 1.99. The molecule has 0 saturated carbocycles. The maximum Gasteiger partial charge on any atom is 0.256 e. The Hall–Kier alpha value is -0.490. The van der Waals surface area contributed by atoms with E-state index in [4.69, 9.17) is 11.6 Å². The number of hydrogen-bond donors (Lipinski definition) is 1. The SMILES string of the molecule is Cl.O=[N+]([O-])CNCCSCc1ccccc1Cl. The molecule has 0 aliphatic carbocycles. The zero-order valence-corrected chi connectivity index (χ0v) is 11.5. The van der Waals surface area contributed by atoms with Crippen molar-refractivity contribution in [3.8, 4) is 0 Å². The van der Waals surface area contributed by atoms with Gasteiger partial charge in [-0.15, -0.1) is 12.4 Å². The topological polar surface area (TPSA) is 55.2 Å². The van der Waals surface area contributed by atoms with E-state index in [2.05, 4.69) is 5.32 Å². The van der Waals surface area contributed by atoms with Crippen molar-refractivity contribution < 1.29 is 4.92 Å². The van der Waals surface area contributed by atoms with E-state index < -0.39 is 0 Å². The molecule has 96 valence electrons. The van der Waals surface area contributed by atoms with Gasteiger partial charge in [-0.25, -0.2) is 0 Å². The highest BCUT2D eigenvalue weighted by atomic mass is 35.5. The Morgan fingerprint density at radius 3 is 2.76 bits per heavy atom. The average molecular weight is 297 g/mol. The van der Waals surface area contributed by atoms with E-state index in [1.165, 1.54) is 0 Å². The fourth-order valence-electron chi connectivity index (χ4n) is 1.11. The Kier molecular flexibility index (Phi) is 9.26. The third kappa shape index (κ3) is 7.44. The van der Waals surface area contributed by atoms with Crippen LogP contribution in [0.25, 0.3) is 0 Å². The van der Waals surface area contributed by atoms with Crippen LogP contribution in [0.5, 0.6) is 0 Å². The van der Waals surface area contributed by atoms with Gasteiger partial charge in [0.25, 0.3) is 6.67 Å². The summed E-state index contributed by atoms with van der Waals surface area (Å²) in [7, 11) is 0. The zero-order valence-electron chi connectivity index (χ0n) is 9.10. The lowest BCUT2D eigenvalue weighted by Crippen LogP contribution is -2.24. The number of nitrogens with zero attached hydrogens (tertiary/aromatic N) is 1. The molecule has 0 radical (unpaired) electrons. The molecule has 7 heteroatoms. The van der Waals surface area contributed by atoms with Gasteiger partial charge in [-0.05, 0) is 11.6 Å². The molecule has 17 heavy (non-hydrogen) atoms. The highest BCUT2D eigenvalue weighted by molar-refractivity contribution is 7.98. The fourth-order valence-corrected chi connectivity index (χ4v) is 2.30. The number of thioether (sulfide) groups is 1. The molecule has 0 saturated heterocycles. The van der Waals surface area contributed by atoms with Gasteiger partial charge in [0.05, 0.1) is 0 Å². The van der Waals surface area contributed by atoms with Crippen molar-refractivity contribution >= 4 is 35.8 Å². The summed E-state index contributed by atoms with van der Waals surface area (Å²) in [6.07, 6.45) is 0. The Morgan fingerprint density at radius 1 is 1.41 bits per heavy atom. The van der Waals surface area contributed by atoms with Crippen LogP contribution < -0.4 is 5.32 Å². The third-order valence-corrected chi connectivity index (χ3v) is 3.26. The number of nitrogens with one attached hydrogen (secondary N) is 1. The number of rotatable bonds is 7. The van der Waals surface area contributed by atoms with Crippen LogP contribution in [0.4, 0.5) is 0 Å². The molecule has 0 aromatic heterocycles. The van der Waals surface area contributed by atoms with E-state index in [-0.39, 0.29) is 24.0 Å². The maximum atomic E-state index is 10.0. The van der Waals surface area contributed by atoms with E-state index in [9.17, 15) is 10.1 Å². The van der Waals surface area contributed by atoms with E-state index in [0.29, 0.717) is 6.54 Å². The van der Waals surface area contributed by atoms with Gasteiger partial charge >= 0.3 is 0 Å². The molecule has 0 amide bonds. The number of nitro groups is 1. The molecule has 0 heterocycles. The van der Waals surface area contributed by atoms with Crippen LogP contribution in [-0.4, -0.2) is 23.9 Å². The predicted octanol–water partition coefficient (Wildman–Crippen LogP) is 2.82. The van der Waals surface area contributed by atoms with Gasteiger partial charge in [0.1, 0.15) is 0 Å². The van der Waals surface area contributed by atoms with Crippen molar-refractivity contribution in [1.82, 2.24) is 5.32 Å². The third-order valence-electron chi connectivity index (χ3n) is 1.88. The summed E-state index contributed by atoms with van der Waals surface area (Å²) in [6.45, 7) is 0.461. The number of benzene rings is 1. The smallest absolute Gasteiger partial charge is 0.256 e. The first-order valence-corrected chi connectivity index (χ1v) is 6.37. The van der Waals surface area contributed by atoms with Crippen LogP contribution in [0.1, 0.15) is 5.56 Å². The minimum absolute atomic E-state index is 0. The van der Waals surface area contributed by atoms with Crippen molar-refractivity contribution in [3.63, 3.8) is 0 Å². The summed E-state index contributed by atoms with van der Waals surface area (Å²) in [4.78, 5) is 9.64. The monoisotopic (exact) mass is 296 g/mol. The zero-order chi connectivity index (χ0) is 11.8. The molecule has 4 nitrogen and oxygen atoms in total. The number of hydrogen-bond acceptors (Lipinski definition) is 4. The summed E-state index contributed by atoms with van der Waals surface area (Å²) in [6, 6.07) is 7.70. The minimum Gasteiger partial charge on any atom is -0.263 e. The molecular formula is C10H14Cl2N2O2S. The number of halogens is 2. The Labute approximate surface area is 116 Å². The molecule has 0 unspecified atom stereocenters. The van der Waals surface area contributed by atoms with Crippen LogP contribution in [0.2, 0.25) is 5.02 Å². The molecular weight excluding hydrogens is 283 g/mol. The van der Waals surface area contributed by atoms with Gasteiger partial charge in [0.2, 0.25) is 0 Å². The second-order valence-electron chi connectivity index (χ2n) is 3.13. The largest absolute Gasteiger partial charge is 0.263 e. The summed E-state index contributed by atoms with van der Waals surface area (Å²) in [5.41, 5.74) is 1.10. The maximum absolute atomic E-state index is 10.0. The quantitative estimate of drug-likeness (QED) is 0.364. The Bertz CT molecular complexity index is 353. The van der Waals surface area contributed by atoms with E-state index in [0.717, 1.165) is 22.1 Å². The van der Waals surface area contributed by atoms with Gasteiger partial charge < -0.3 is 0 Å². The van der Waals surface area contributed by atoms with Crippen molar-refractivity contribution in [3.05, 3.63) is 45.0 Å². The molecule has 1 N–H and O–H groups in total. The van der Waals surface area contributed by atoms with Gasteiger partial charge in [0, 0.05) is 28.0 Å². The Morgan fingerprint density at radius 2 is 2.12 bits per heavy atom. The van der Waals surface area contributed by atoms with Crippen LogP contribution in [0.15, 0.2) is 24.3 Å². The van der Waals surface area contributed by atoms with Crippen molar-refractivity contribution in [2.75, 3.05) is 19.0 Å². The van der Waals surface area contributed by atoms with E-state index >= 15 is 0 Å². The van der Waals surface area contributed by atoms with E-state index in [1.807, 2.05) is 24.3 Å². The molecule has 0 atom stereocenters. The highest BCUT2D eigenvalue weighted by Crippen LogP contribution is 2.20. The second-order valence-corrected chi connectivity index (χ2v) is 4.65. The van der Waals surface area contributed by atoms with Crippen LogP contribution in [0.3, 0.4) is 0 Å². The first kappa shape index (κ1) is 16.5. The van der Waals surface area contributed by atoms with Crippen molar-refractivity contribution in [2.45, 2.75) is 5.75 Å². The van der Waals surface area contributed by atoms with E-state index in [1.54, 1.807) is 11.8 Å². The normalized spacial score (nSPS) is 9.71. The standard InChI is InChI=1S/C10H13ClN2O2S.ClH/c11-10-4-2-1-3-9(10)7-16-6-5-12-8-13(14)15;/h1-4,12H,5-8H2;1H. The molecule has 0 aliphatic rings. The fraction of sp³-hybridized carbons (Fsp3) is 0.400. The van der Waals surface area contributed by atoms with Crippen LogP contribution in [-0.2, 0) is 5.75 Å².